The zero-order valence-corrected chi connectivity index (χ0v) is 13.8. The second-order valence-electron chi connectivity index (χ2n) is 4.35. The van der Waals surface area contributed by atoms with Crippen LogP contribution in [0.3, 0.4) is 0 Å². The van der Waals surface area contributed by atoms with Crippen molar-refractivity contribution in [3.63, 3.8) is 0 Å². The summed E-state index contributed by atoms with van der Waals surface area (Å²) in [4.78, 5) is 21.9. The number of hydrazone groups is 1. The van der Waals surface area contributed by atoms with Gasteiger partial charge in [-0.1, -0.05) is 15.9 Å². The third kappa shape index (κ3) is 5.36. The van der Waals surface area contributed by atoms with Crippen LogP contribution >= 0.6 is 15.9 Å². The maximum Gasteiger partial charge on any atom is 0.312 e. The van der Waals surface area contributed by atoms with Crippen LogP contribution in [-0.2, 0) is 4.79 Å². The van der Waals surface area contributed by atoms with Crippen LogP contribution in [0, 0.1) is 10.1 Å². The van der Waals surface area contributed by atoms with Gasteiger partial charge in [0.25, 0.3) is 5.91 Å². The van der Waals surface area contributed by atoms with Gasteiger partial charge in [-0.3, -0.25) is 14.9 Å². The van der Waals surface area contributed by atoms with Crippen LogP contribution in [0.25, 0.3) is 6.08 Å². The predicted molar refractivity (Wildman–Crippen MR) is 90.7 cm³/mol. The number of nitrogens with one attached hydrogen (secondary N) is 1. The van der Waals surface area contributed by atoms with Crippen molar-refractivity contribution >= 4 is 39.8 Å². The highest BCUT2D eigenvalue weighted by Crippen LogP contribution is 2.29. The lowest BCUT2D eigenvalue weighted by molar-refractivity contribution is -0.385. The average molecular weight is 394 g/mol. The van der Waals surface area contributed by atoms with Crippen LogP contribution in [-0.4, -0.2) is 23.7 Å². The van der Waals surface area contributed by atoms with E-state index in [0.29, 0.717) is 10.2 Å². The molecule has 0 saturated carbocycles. The molecule has 0 radical (unpaired) electrons. The number of allylic oxidation sites excluding steroid dienone is 1. The number of rotatable bonds is 7. The lowest BCUT2D eigenvalue weighted by atomic mass is 10.3. The Balaban J connectivity index is 1.82. The van der Waals surface area contributed by atoms with Crippen molar-refractivity contribution in [2.24, 2.45) is 5.10 Å². The van der Waals surface area contributed by atoms with E-state index >= 15 is 0 Å². The molecule has 0 fully saturated rings. The molecule has 0 saturated heterocycles. The van der Waals surface area contributed by atoms with E-state index in [2.05, 4.69) is 26.5 Å². The lowest BCUT2D eigenvalue weighted by Gasteiger charge is -2.05. The van der Waals surface area contributed by atoms with E-state index in [1.165, 1.54) is 24.6 Å². The fraction of sp³-hybridized carbons (Fsp3) is 0.0667. The van der Waals surface area contributed by atoms with Gasteiger partial charge in [-0.05, 0) is 36.4 Å². The number of amides is 1. The summed E-state index contributed by atoms with van der Waals surface area (Å²) in [5, 5.41) is 14.6. The third-order valence-corrected chi connectivity index (χ3v) is 3.12. The Labute approximate surface area is 145 Å². The number of carbonyl (C=O) groups is 1. The first-order valence-corrected chi connectivity index (χ1v) is 7.44. The molecule has 1 N–H and O–H groups in total. The van der Waals surface area contributed by atoms with Gasteiger partial charge in [0.1, 0.15) is 5.76 Å². The van der Waals surface area contributed by atoms with Crippen molar-refractivity contribution in [1.29, 1.82) is 0 Å². The summed E-state index contributed by atoms with van der Waals surface area (Å²) < 4.78 is 10.8. The molecular formula is C15H12BrN3O5. The summed E-state index contributed by atoms with van der Waals surface area (Å²) in [6.45, 7) is -0.401. The molecule has 0 bridgehead atoms. The first-order chi connectivity index (χ1) is 11.6. The van der Waals surface area contributed by atoms with Crippen molar-refractivity contribution in [3.8, 4) is 5.75 Å². The number of hydrogen-bond acceptors (Lipinski definition) is 6. The van der Waals surface area contributed by atoms with Gasteiger partial charge >= 0.3 is 5.69 Å². The summed E-state index contributed by atoms with van der Waals surface area (Å²) in [5.74, 6) is 0.105. The smallest absolute Gasteiger partial charge is 0.312 e. The number of hydrogen-bond donors (Lipinski definition) is 1. The zero-order chi connectivity index (χ0) is 17.4. The number of nitrogens with zero attached hydrogens (tertiary/aromatic N) is 2. The Kier molecular flexibility index (Phi) is 6.26. The van der Waals surface area contributed by atoms with E-state index in [4.69, 9.17) is 9.15 Å². The van der Waals surface area contributed by atoms with Crippen molar-refractivity contribution in [1.82, 2.24) is 5.43 Å². The van der Waals surface area contributed by atoms with Gasteiger partial charge in [0, 0.05) is 16.8 Å². The minimum Gasteiger partial charge on any atom is -0.477 e. The molecule has 2 aromatic rings. The van der Waals surface area contributed by atoms with Crippen LogP contribution in [0.2, 0.25) is 0 Å². The molecule has 8 nitrogen and oxygen atoms in total. The molecule has 1 aromatic heterocycles. The normalized spacial score (nSPS) is 11.0. The maximum atomic E-state index is 11.6. The molecule has 0 spiro atoms. The van der Waals surface area contributed by atoms with Crippen molar-refractivity contribution in [2.75, 3.05) is 6.61 Å². The fourth-order valence-electron chi connectivity index (χ4n) is 1.61. The second-order valence-corrected chi connectivity index (χ2v) is 5.26. The molecule has 124 valence electrons. The SMILES string of the molecule is O=C(COc1ccc(Br)cc1[N+](=O)[O-])N/N=C\C=C\c1ccco1. The van der Waals surface area contributed by atoms with Crippen LogP contribution in [0.4, 0.5) is 5.69 Å². The van der Waals surface area contributed by atoms with Gasteiger partial charge < -0.3 is 9.15 Å². The number of ether oxygens (including phenoxy) is 1. The van der Waals surface area contributed by atoms with E-state index < -0.39 is 17.4 Å². The second kappa shape index (κ2) is 8.63. The molecule has 0 aliphatic carbocycles. The quantitative estimate of drug-likeness (QED) is 0.441. The van der Waals surface area contributed by atoms with Gasteiger partial charge in [-0.2, -0.15) is 5.10 Å². The minimum absolute atomic E-state index is 0.0000415. The summed E-state index contributed by atoms with van der Waals surface area (Å²) >= 11 is 3.14. The Morgan fingerprint density at radius 1 is 1.46 bits per heavy atom. The van der Waals surface area contributed by atoms with Gasteiger partial charge in [0.05, 0.1) is 11.2 Å². The molecule has 0 aliphatic rings. The van der Waals surface area contributed by atoms with Crippen LogP contribution < -0.4 is 10.2 Å². The molecule has 9 heteroatoms. The third-order valence-electron chi connectivity index (χ3n) is 2.63. The summed E-state index contributed by atoms with van der Waals surface area (Å²) in [5.41, 5.74) is 2.00. The standard InChI is InChI=1S/C15H12BrN3O5/c16-11-5-6-14(13(9-11)19(21)22)24-10-15(20)18-17-7-1-3-12-4-2-8-23-12/h1-9H,10H2,(H,18,20)/b3-1+,17-7-. The Morgan fingerprint density at radius 2 is 2.29 bits per heavy atom. The van der Waals surface area contributed by atoms with Crippen LogP contribution in [0.5, 0.6) is 5.75 Å². The van der Waals surface area contributed by atoms with Crippen molar-refractivity contribution in [3.05, 3.63) is 63.0 Å². The Morgan fingerprint density at radius 3 is 3.00 bits per heavy atom. The molecule has 24 heavy (non-hydrogen) atoms. The highest BCUT2D eigenvalue weighted by atomic mass is 79.9. The maximum absolute atomic E-state index is 11.6. The number of benzene rings is 1. The van der Waals surface area contributed by atoms with Crippen molar-refractivity contribution in [2.45, 2.75) is 0 Å². The van der Waals surface area contributed by atoms with E-state index in [-0.39, 0.29) is 11.4 Å². The van der Waals surface area contributed by atoms with Gasteiger partial charge in [-0.15, -0.1) is 0 Å². The topological polar surface area (TPSA) is 107 Å². The number of nitro benzene ring substituents is 1. The van der Waals surface area contributed by atoms with Gasteiger partial charge in [-0.25, -0.2) is 5.43 Å². The largest absolute Gasteiger partial charge is 0.477 e. The van der Waals surface area contributed by atoms with E-state index in [1.54, 1.807) is 30.4 Å². The monoisotopic (exact) mass is 393 g/mol. The summed E-state index contributed by atoms with van der Waals surface area (Å²) in [6.07, 6.45) is 6.15. The number of furan rings is 1. The number of carbonyl (C=O) groups excluding carboxylic acids is 1. The molecule has 2 rings (SSSR count). The van der Waals surface area contributed by atoms with Crippen molar-refractivity contribution < 1.29 is 18.9 Å². The predicted octanol–water partition coefficient (Wildman–Crippen LogP) is 3.14. The molecule has 1 aromatic carbocycles. The number of halogens is 1. The summed E-state index contributed by atoms with van der Waals surface area (Å²) in [7, 11) is 0. The zero-order valence-electron chi connectivity index (χ0n) is 12.2. The molecule has 0 aliphatic heterocycles. The van der Waals surface area contributed by atoms with Gasteiger partial charge in [0.15, 0.2) is 12.4 Å². The van der Waals surface area contributed by atoms with E-state index in [9.17, 15) is 14.9 Å². The number of nitro groups is 1. The van der Waals surface area contributed by atoms with Crippen LogP contribution in [0.15, 0.2) is 56.7 Å². The molecular weight excluding hydrogens is 382 g/mol. The first kappa shape index (κ1) is 17.4. The highest BCUT2D eigenvalue weighted by Gasteiger charge is 2.16. The molecule has 1 heterocycles. The molecule has 1 amide bonds. The summed E-state index contributed by atoms with van der Waals surface area (Å²) in [6, 6.07) is 7.80. The molecule has 0 atom stereocenters. The molecule has 0 unspecified atom stereocenters. The minimum atomic E-state index is -0.588. The fourth-order valence-corrected chi connectivity index (χ4v) is 1.96. The lowest BCUT2D eigenvalue weighted by Crippen LogP contribution is -2.24. The van der Waals surface area contributed by atoms with E-state index in [0.717, 1.165) is 0 Å². The van der Waals surface area contributed by atoms with E-state index in [1.807, 2.05) is 0 Å². The first-order valence-electron chi connectivity index (χ1n) is 6.65. The average Bonchev–Trinajstić information content (AvgIpc) is 3.06. The Hall–Kier alpha value is -2.94. The van der Waals surface area contributed by atoms with Gasteiger partial charge in [0.2, 0.25) is 0 Å². The highest BCUT2D eigenvalue weighted by molar-refractivity contribution is 9.10. The van der Waals surface area contributed by atoms with Crippen LogP contribution in [0.1, 0.15) is 5.76 Å². The Bertz CT molecular complexity index is 771.